The van der Waals surface area contributed by atoms with Crippen LogP contribution in [0.5, 0.6) is 0 Å². The van der Waals surface area contributed by atoms with Gasteiger partial charge < -0.3 is 4.98 Å². The first kappa shape index (κ1) is 14.1. The maximum Gasteiger partial charge on any atom is 0.270 e. The highest BCUT2D eigenvalue weighted by Crippen LogP contribution is 2.37. The number of aromatic amines is 1. The molecule has 1 N–H and O–H groups in total. The highest BCUT2D eigenvalue weighted by Gasteiger charge is 2.34. The molecule has 1 amide bonds. The van der Waals surface area contributed by atoms with E-state index in [2.05, 4.69) is 4.98 Å². The number of anilines is 1. The first-order valence-corrected chi connectivity index (χ1v) is 7.78. The lowest BCUT2D eigenvalue weighted by molar-refractivity contribution is -0.113. The van der Waals surface area contributed by atoms with E-state index >= 15 is 0 Å². The number of carbonyl (C=O) groups excluding carboxylic acids is 1. The van der Waals surface area contributed by atoms with Crippen molar-refractivity contribution >= 4 is 46.0 Å². The van der Waals surface area contributed by atoms with Gasteiger partial charge in [-0.05, 0) is 49.2 Å². The molecule has 21 heavy (non-hydrogen) atoms. The molecule has 0 radical (unpaired) electrons. The summed E-state index contributed by atoms with van der Waals surface area (Å²) in [6.45, 7) is 4.04. The molecule has 3 nitrogen and oxygen atoms in total. The largest absolute Gasteiger partial charge is 0.362 e. The van der Waals surface area contributed by atoms with Crippen LogP contribution in [0.15, 0.2) is 41.4 Å². The lowest BCUT2D eigenvalue weighted by Crippen LogP contribution is -2.28. The second-order valence-electron chi connectivity index (χ2n) is 4.86. The Kier molecular flexibility index (Phi) is 3.69. The van der Waals surface area contributed by atoms with Crippen molar-refractivity contribution in [2.24, 2.45) is 0 Å². The number of carbonyl (C=O) groups is 1. The fourth-order valence-corrected chi connectivity index (χ4v) is 3.50. The van der Waals surface area contributed by atoms with Gasteiger partial charge in [-0.25, -0.2) is 0 Å². The van der Waals surface area contributed by atoms with E-state index in [9.17, 15) is 4.79 Å². The predicted molar refractivity (Wildman–Crippen MR) is 92.4 cm³/mol. The molecule has 2 aromatic rings. The monoisotopic (exact) mass is 314 g/mol. The number of hydrogen-bond donors (Lipinski definition) is 1. The van der Waals surface area contributed by atoms with E-state index in [0.717, 1.165) is 22.5 Å². The van der Waals surface area contributed by atoms with Crippen LogP contribution >= 0.6 is 24.0 Å². The van der Waals surface area contributed by atoms with Crippen molar-refractivity contribution in [2.75, 3.05) is 4.90 Å². The number of hydrogen-bond acceptors (Lipinski definition) is 3. The van der Waals surface area contributed by atoms with Crippen molar-refractivity contribution < 1.29 is 4.79 Å². The number of benzene rings is 1. The Morgan fingerprint density at radius 2 is 2.05 bits per heavy atom. The van der Waals surface area contributed by atoms with Crippen molar-refractivity contribution in [3.05, 3.63) is 58.3 Å². The maximum absolute atomic E-state index is 12.6. The Morgan fingerprint density at radius 1 is 1.24 bits per heavy atom. The zero-order valence-corrected chi connectivity index (χ0v) is 13.3. The van der Waals surface area contributed by atoms with E-state index < -0.39 is 0 Å². The first-order chi connectivity index (χ1) is 10.1. The summed E-state index contributed by atoms with van der Waals surface area (Å²) >= 11 is 6.73. The summed E-state index contributed by atoms with van der Waals surface area (Å²) in [4.78, 5) is 18.0. The summed E-state index contributed by atoms with van der Waals surface area (Å²) in [5.74, 6) is -0.0618. The minimum atomic E-state index is -0.0618. The summed E-state index contributed by atoms with van der Waals surface area (Å²) in [7, 11) is 0. The SMILES string of the molecule is Cc1cccc(N2C(=O)C(=Cc3ccc[nH]3)SC2=S)c1C. The lowest BCUT2D eigenvalue weighted by Gasteiger charge is -2.18. The van der Waals surface area contributed by atoms with Crippen LogP contribution in [0.3, 0.4) is 0 Å². The van der Waals surface area contributed by atoms with E-state index in [0.29, 0.717) is 9.23 Å². The second kappa shape index (κ2) is 5.50. The number of thiocarbonyl (C=S) groups is 1. The van der Waals surface area contributed by atoms with Crippen molar-refractivity contribution in [1.29, 1.82) is 0 Å². The van der Waals surface area contributed by atoms with Crippen molar-refractivity contribution in [2.45, 2.75) is 13.8 Å². The van der Waals surface area contributed by atoms with Crippen LogP contribution in [0.4, 0.5) is 5.69 Å². The van der Waals surface area contributed by atoms with E-state index in [1.165, 1.54) is 11.8 Å². The number of thioether (sulfide) groups is 1. The number of H-pyrrole nitrogens is 1. The van der Waals surface area contributed by atoms with Crippen molar-refractivity contribution in [3.63, 3.8) is 0 Å². The van der Waals surface area contributed by atoms with Gasteiger partial charge in [0.25, 0.3) is 5.91 Å². The van der Waals surface area contributed by atoms with Gasteiger partial charge in [0, 0.05) is 11.9 Å². The third kappa shape index (κ3) is 2.54. The van der Waals surface area contributed by atoms with Gasteiger partial charge in [0.15, 0.2) is 4.32 Å². The highest BCUT2D eigenvalue weighted by molar-refractivity contribution is 8.27. The molecule has 1 aliphatic rings. The van der Waals surface area contributed by atoms with Crippen LogP contribution < -0.4 is 4.90 Å². The number of rotatable bonds is 2. The number of aryl methyl sites for hydroxylation is 1. The van der Waals surface area contributed by atoms with Crippen LogP contribution in [0.25, 0.3) is 6.08 Å². The normalized spacial score (nSPS) is 17.0. The third-order valence-electron chi connectivity index (χ3n) is 3.52. The third-order valence-corrected chi connectivity index (χ3v) is 4.82. The Labute approximate surface area is 133 Å². The highest BCUT2D eigenvalue weighted by atomic mass is 32.2. The van der Waals surface area contributed by atoms with Gasteiger partial charge in [-0.15, -0.1) is 0 Å². The molecular weight excluding hydrogens is 300 g/mol. The average molecular weight is 314 g/mol. The molecule has 2 heterocycles. The first-order valence-electron chi connectivity index (χ1n) is 6.55. The molecule has 1 saturated heterocycles. The standard InChI is InChI=1S/C16H14N2OS2/c1-10-5-3-7-13(11(10)2)18-15(19)14(21-16(18)20)9-12-6-4-8-17-12/h3-9,17H,1-2H3. The molecule has 0 spiro atoms. The Balaban J connectivity index is 2.00. The summed E-state index contributed by atoms with van der Waals surface area (Å²) in [6, 6.07) is 9.74. The molecule has 0 atom stereocenters. The molecule has 0 bridgehead atoms. The summed E-state index contributed by atoms with van der Waals surface area (Å²) in [6.07, 6.45) is 3.67. The van der Waals surface area contributed by atoms with E-state index in [1.807, 2.05) is 56.5 Å². The van der Waals surface area contributed by atoms with Crippen LogP contribution in [0.1, 0.15) is 16.8 Å². The van der Waals surface area contributed by atoms with Crippen LogP contribution in [0, 0.1) is 13.8 Å². The zero-order chi connectivity index (χ0) is 15.0. The fraction of sp³-hybridized carbons (Fsp3) is 0.125. The van der Waals surface area contributed by atoms with E-state index in [1.54, 1.807) is 4.90 Å². The minimum absolute atomic E-state index is 0.0618. The van der Waals surface area contributed by atoms with E-state index in [4.69, 9.17) is 12.2 Å². The molecule has 1 aromatic carbocycles. The second-order valence-corrected chi connectivity index (χ2v) is 6.54. The van der Waals surface area contributed by atoms with E-state index in [-0.39, 0.29) is 5.91 Å². The fourth-order valence-electron chi connectivity index (χ4n) is 2.23. The Hall–Kier alpha value is -1.85. The summed E-state index contributed by atoms with van der Waals surface area (Å²) in [5.41, 5.74) is 3.99. The number of nitrogens with one attached hydrogen (secondary N) is 1. The molecule has 1 aliphatic heterocycles. The minimum Gasteiger partial charge on any atom is -0.362 e. The smallest absolute Gasteiger partial charge is 0.270 e. The van der Waals surface area contributed by atoms with Gasteiger partial charge in [0.05, 0.1) is 10.6 Å². The molecule has 0 aliphatic carbocycles. The number of amides is 1. The van der Waals surface area contributed by atoms with Crippen molar-refractivity contribution in [1.82, 2.24) is 4.98 Å². The van der Waals surface area contributed by atoms with Gasteiger partial charge in [-0.3, -0.25) is 9.69 Å². The molecule has 106 valence electrons. The number of aromatic nitrogens is 1. The van der Waals surface area contributed by atoms with Crippen molar-refractivity contribution in [3.8, 4) is 0 Å². The molecule has 1 aromatic heterocycles. The average Bonchev–Trinajstić information content (AvgIpc) is 3.04. The van der Waals surface area contributed by atoms with Crippen LogP contribution in [0.2, 0.25) is 0 Å². The van der Waals surface area contributed by atoms with Gasteiger partial charge in [0.2, 0.25) is 0 Å². The quantitative estimate of drug-likeness (QED) is 0.671. The van der Waals surface area contributed by atoms with Gasteiger partial charge in [0.1, 0.15) is 0 Å². The molecule has 0 saturated carbocycles. The molecule has 3 rings (SSSR count). The van der Waals surface area contributed by atoms with Crippen LogP contribution in [-0.2, 0) is 4.79 Å². The van der Waals surface area contributed by atoms with Gasteiger partial charge in [-0.2, -0.15) is 0 Å². The summed E-state index contributed by atoms with van der Waals surface area (Å²) in [5, 5.41) is 0. The Morgan fingerprint density at radius 3 is 2.76 bits per heavy atom. The van der Waals surface area contributed by atoms with Gasteiger partial charge in [-0.1, -0.05) is 36.1 Å². The maximum atomic E-state index is 12.6. The molecule has 1 fully saturated rings. The topological polar surface area (TPSA) is 36.1 Å². The molecule has 5 heteroatoms. The lowest BCUT2D eigenvalue weighted by atomic mass is 10.1. The van der Waals surface area contributed by atoms with Crippen LogP contribution in [-0.4, -0.2) is 15.2 Å². The molecule has 0 unspecified atom stereocenters. The predicted octanol–water partition coefficient (Wildman–Crippen LogP) is 4.04. The van der Waals surface area contributed by atoms with Gasteiger partial charge >= 0.3 is 0 Å². The zero-order valence-electron chi connectivity index (χ0n) is 11.7. The summed E-state index contributed by atoms with van der Waals surface area (Å²) < 4.78 is 0.575. The molecular formula is C16H14N2OS2. The number of nitrogens with zero attached hydrogens (tertiary/aromatic N) is 1. The Bertz CT molecular complexity index is 748.